The Morgan fingerprint density at radius 3 is 3.07 bits per heavy atom. The quantitative estimate of drug-likeness (QED) is 0.832. The van der Waals surface area contributed by atoms with Crippen LogP contribution in [0.15, 0.2) is 23.1 Å². The predicted octanol–water partition coefficient (Wildman–Crippen LogP) is 2.25. The van der Waals surface area contributed by atoms with E-state index in [9.17, 15) is 0 Å². The minimum absolute atomic E-state index is 0.590. The number of hydrogen-bond donors (Lipinski definition) is 1. The molecule has 3 heteroatoms. The van der Waals surface area contributed by atoms with Crippen LogP contribution in [-0.2, 0) is 0 Å². The highest BCUT2D eigenvalue weighted by atomic mass is 32.2. The number of thioether (sulfide) groups is 1. The third-order valence-electron chi connectivity index (χ3n) is 2.87. The van der Waals surface area contributed by atoms with Crippen LogP contribution in [0.25, 0.3) is 0 Å². The molecule has 0 radical (unpaired) electrons. The summed E-state index contributed by atoms with van der Waals surface area (Å²) in [4.78, 5) is 3.85. The van der Waals surface area contributed by atoms with Crippen LogP contribution in [0.1, 0.15) is 12.5 Å². The molecule has 1 heterocycles. The number of benzene rings is 1. The van der Waals surface area contributed by atoms with E-state index in [1.54, 1.807) is 0 Å². The Morgan fingerprint density at radius 1 is 1.53 bits per heavy atom. The average molecular weight is 222 g/mol. The minimum atomic E-state index is 0.590. The Kier molecular flexibility index (Phi) is 3.22. The van der Waals surface area contributed by atoms with E-state index in [4.69, 9.17) is 5.73 Å². The molecule has 0 fully saturated rings. The van der Waals surface area contributed by atoms with E-state index >= 15 is 0 Å². The van der Waals surface area contributed by atoms with Gasteiger partial charge in [-0.15, -0.1) is 11.8 Å². The molecular weight excluding hydrogens is 204 g/mol. The Morgan fingerprint density at radius 2 is 2.33 bits per heavy atom. The van der Waals surface area contributed by atoms with Crippen molar-refractivity contribution < 1.29 is 0 Å². The maximum atomic E-state index is 5.68. The maximum Gasteiger partial charge on any atom is 0.0537 e. The predicted molar refractivity (Wildman–Crippen MR) is 67.8 cm³/mol. The van der Waals surface area contributed by atoms with E-state index in [2.05, 4.69) is 36.9 Å². The summed E-state index contributed by atoms with van der Waals surface area (Å²) in [7, 11) is 0. The molecule has 0 bridgehead atoms. The summed E-state index contributed by atoms with van der Waals surface area (Å²) in [5.41, 5.74) is 8.44. The van der Waals surface area contributed by atoms with Crippen molar-refractivity contribution in [2.24, 2.45) is 5.73 Å². The third kappa shape index (κ3) is 1.99. The van der Waals surface area contributed by atoms with Crippen molar-refractivity contribution in [2.75, 3.05) is 23.7 Å². The number of anilines is 1. The fourth-order valence-corrected chi connectivity index (χ4v) is 3.30. The van der Waals surface area contributed by atoms with Crippen LogP contribution < -0.4 is 10.6 Å². The number of fused-ring (bicyclic) bond motifs is 1. The van der Waals surface area contributed by atoms with Crippen LogP contribution in [0.4, 0.5) is 5.69 Å². The van der Waals surface area contributed by atoms with Crippen LogP contribution in [0, 0.1) is 6.92 Å². The lowest BCUT2D eigenvalue weighted by molar-refractivity contribution is 0.676. The first-order valence-corrected chi connectivity index (χ1v) is 6.41. The van der Waals surface area contributed by atoms with E-state index in [0.717, 1.165) is 18.8 Å². The van der Waals surface area contributed by atoms with Gasteiger partial charge >= 0.3 is 0 Å². The van der Waals surface area contributed by atoms with Crippen molar-refractivity contribution in [3.05, 3.63) is 23.8 Å². The van der Waals surface area contributed by atoms with Gasteiger partial charge in [0.15, 0.2) is 0 Å². The molecule has 1 aliphatic rings. The molecule has 1 aliphatic heterocycles. The number of aryl methyl sites for hydroxylation is 1. The van der Waals surface area contributed by atoms with Gasteiger partial charge in [-0.05, 0) is 25.5 Å². The summed E-state index contributed by atoms with van der Waals surface area (Å²) in [5.74, 6) is 1.16. The number of nitrogens with zero attached hydrogens (tertiary/aromatic N) is 1. The van der Waals surface area contributed by atoms with Crippen molar-refractivity contribution in [1.82, 2.24) is 0 Å². The molecule has 0 aliphatic carbocycles. The molecule has 1 aromatic carbocycles. The normalized spacial score (nSPS) is 20.2. The smallest absolute Gasteiger partial charge is 0.0537 e. The molecule has 82 valence electrons. The highest BCUT2D eigenvalue weighted by Gasteiger charge is 2.23. The lowest BCUT2D eigenvalue weighted by Gasteiger charge is -2.37. The molecule has 2 rings (SSSR count). The first-order valence-electron chi connectivity index (χ1n) is 5.43. The lowest BCUT2D eigenvalue weighted by Crippen LogP contribution is -2.41. The second-order valence-corrected chi connectivity index (χ2v) is 5.13. The van der Waals surface area contributed by atoms with Crippen LogP contribution in [0.3, 0.4) is 0 Å². The van der Waals surface area contributed by atoms with Crippen LogP contribution in [0.5, 0.6) is 0 Å². The van der Waals surface area contributed by atoms with E-state index in [1.165, 1.54) is 16.1 Å². The van der Waals surface area contributed by atoms with Crippen molar-refractivity contribution >= 4 is 17.4 Å². The summed E-state index contributed by atoms with van der Waals surface area (Å²) in [5, 5.41) is 0. The summed E-state index contributed by atoms with van der Waals surface area (Å²) >= 11 is 1.96. The SMILES string of the molecule is Cc1cccc2c1N(CCN)C(C)CS2. The number of para-hydroxylation sites is 1. The topological polar surface area (TPSA) is 29.3 Å². The molecule has 2 N–H and O–H groups in total. The molecule has 2 nitrogen and oxygen atoms in total. The molecule has 1 unspecified atom stereocenters. The molecule has 0 aromatic heterocycles. The molecule has 0 spiro atoms. The number of nitrogens with two attached hydrogens (primary N) is 1. The van der Waals surface area contributed by atoms with Gasteiger partial charge in [0.2, 0.25) is 0 Å². The van der Waals surface area contributed by atoms with Crippen LogP contribution in [0.2, 0.25) is 0 Å². The zero-order chi connectivity index (χ0) is 10.8. The van der Waals surface area contributed by atoms with E-state index < -0.39 is 0 Å². The van der Waals surface area contributed by atoms with Gasteiger partial charge in [-0.1, -0.05) is 12.1 Å². The largest absolute Gasteiger partial charge is 0.366 e. The van der Waals surface area contributed by atoms with Gasteiger partial charge in [0.25, 0.3) is 0 Å². The summed E-state index contributed by atoms with van der Waals surface area (Å²) in [6.07, 6.45) is 0. The van der Waals surface area contributed by atoms with Gasteiger partial charge < -0.3 is 10.6 Å². The van der Waals surface area contributed by atoms with Crippen LogP contribution in [-0.4, -0.2) is 24.9 Å². The fourth-order valence-electron chi connectivity index (χ4n) is 2.11. The molecule has 0 saturated carbocycles. The fraction of sp³-hybridized carbons (Fsp3) is 0.500. The van der Waals surface area contributed by atoms with Crippen molar-refractivity contribution in [2.45, 2.75) is 24.8 Å². The highest BCUT2D eigenvalue weighted by molar-refractivity contribution is 7.99. The van der Waals surface area contributed by atoms with Gasteiger partial charge in [-0.3, -0.25) is 0 Å². The zero-order valence-electron chi connectivity index (χ0n) is 9.36. The second-order valence-electron chi connectivity index (χ2n) is 4.06. The lowest BCUT2D eigenvalue weighted by atomic mass is 10.1. The number of hydrogen-bond acceptors (Lipinski definition) is 3. The second kappa shape index (κ2) is 4.45. The van der Waals surface area contributed by atoms with Gasteiger partial charge in [-0.2, -0.15) is 0 Å². The zero-order valence-corrected chi connectivity index (χ0v) is 10.2. The van der Waals surface area contributed by atoms with Gasteiger partial charge in [0.1, 0.15) is 0 Å². The van der Waals surface area contributed by atoms with E-state index in [0.29, 0.717) is 6.04 Å². The molecule has 0 amide bonds. The maximum absolute atomic E-state index is 5.68. The Hall–Kier alpha value is -0.670. The molecule has 15 heavy (non-hydrogen) atoms. The minimum Gasteiger partial charge on any atom is -0.366 e. The Bertz CT molecular complexity index is 351. The van der Waals surface area contributed by atoms with Crippen molar-refractivity contribution in [3.63, 3.8) is 0 Å². The standard InChI is InChI=1S/C12H18N2S/c1-9-4-3-5-11-12(9)14(7-6-13)10(2)8-15-11/h3-5,10H,6-8,13H2,1-2H3. The summed E-state index contributed by atoms with van der Waals surface area (Å²) in [6.45, 7) is 6.14. The van der Waals surface area contributed by atoms with Gasteiger partial charge in [0, 0.05) is 29.8 Å². The van der Waals surface area contributed by atoms with Gasteiger partial charge in [-0.25, -0.2) is 0 Å². The Balaban J connectivity index is 2.41. The summed E-state index contributed by atoms with van der Waals surface area (Å²) in [6, 6.07) is 7.12. The Labute approximate surface area is 95.8 Å². The molecule has 0 saturated heterocycles. The molecule has 1 atom stereocenters. The first kappa shape index (κ1) is 10.8. The molecular formula is C12H18N2S. The van der Waals surface area contributed by atoms with Gasteiger partial charge in [0.05, 0.1) is 5.69 Å². The van der Waals surface area contributed by atoms with Crippen molar-refractivity contribution in [3.8, 4) is 0 Å². The van der Waals surface area contributed by atoms with E-state index in [1.807, 2.05) is 11.8 Å². The van der Waals surface area contributed by atoms with Crippen LogP contribution >= 0.6 is 11.8 Å². The van der Waals surface area contributed by atoms with E-state index in [-0.39, 0.29) is 0 Å². The molecule has 1 aromatic rings. The first-order chi connectivity index (χ1) is 7.24. The monoisotopic (exact) mass is 222 g/mol. The number of rotatable bonds is 2. The average Bonchev–Trinajstić information content (AvgIpc) is 2.23. The van der Waals surface area contributed by atoms with Crippen molar-refractivity contribution in [1.29, 1.82) is 0 Å². The highest BCUT2D eigenvalue weighted by Crippen LogP contribution is 2.39. The summed E-state index contributed by atoms with van der Waals surface area (Å²) < 4.78 is 0. The third-order valence-corrected chi connectivity index (χ3v) is 4.16.